The van der Waals surface area contributed by atoms with Crippen LogP contribution in [0.25, 0.3) is 5.65 Å². The topological polar surface area (TPSA) is 97.5 Å². The summed E-state index contributed by atoms with van der Waals surface area (Å²) in [5.74, 6) is 1.29. The number of anilines is 2. The second-order valence-electron chi connectivity index (χ2n) is 8.19. The molecule has 1 amide bonds. The number of ether oxygens (including phenoxy) is 1. The van der Waals surface area contributed by atoms with Crippen molar-refractivity contribution in [3.05, 3.63) is 42.4 Å². The van der Waals surface area contributed by atoms with Gasteiger partial charge in [-0.3, -0.25) is 4.90 Å². The van der Waals surface area contributed by atoms with Gasteiger partial charge in [-0.05, 0) is 55.9 Å². The van der Waals surface area contributed by atoms with Crippen LogP contribution in [0.2, 0.25) is 0 Å². The number of hydrogen-bond acceptors (Lipinski definition) is 7. The monoisotopic (exact) mass is 447 g/mol. The first-order valence-electron chi connectivity index (χ1n) is 10.3. The number of halogens is 3. The number of hydrogen-bond donors (Lipinski definition) is 1. The second kappa shape index (κ2) is 7.61. The van der Waals surface area contributed by atoms with Gasteiger partial charge in [-0.2, -0.15) is 18.3 Å². The zero-order chi connectivity index (χ0) is 22.3. The molecule has 1 saturated carbocycles. The average Bonchev–Trinajstić information content (AvgIpc) is 3.35. The molecule has 0 aromatic carbocycles. The SMILES string of the molecule is O=C1O[C@]2(CC[C@H](CNc3ccc4nc(C(F)(F)F)cn4n3)CC2)CN1c1cccnn1. The van der Waals surface area contributed by atoms with Crippen molar-refractivity contribution in [3.63, 3.8) is 0 Å². The zero-order valence-corrected chi connectivity index (χ0v) is 16.9. The van der Waals surface area contributed by atoms with Crippen molar-refractivity contribution in [3.8, 4) is 0 Å². The van der Waals surface area contributed by atoms with E-state index in [9.17, 15) is 18.0 Å². The highest BCUT2D eigenvalue weighted by Crippen LogP contribution is 2.40. The molecule has 1 saturated heterocycles. The molecule has 1 N–H and O–H groups in total. The number of aromatic nitrogens is 5. The number of carbonyl (C=O) groups is 1. The Hall–Kier alpha value is -3.44. The number of carbonyl (C=O) groups excluding carboxylic acids is 1. The van der Waals surface area contributed by atoms with Crippen molar-refractivity contribution in [2.45, 2.75) is 37.5 Å². The Bertz CT molecular complexity index is 1130. The lowest BCUT2D eigenvalue weighted by Gasteiger charge is -2.35. The average molecular weight is 447 g/mol. The van der Waals surface area contributed by atoms with Crippen molar-refractivity contribution >= 4 is 23.4 Å². The van der Waals surface area contributed by atoms with Crippen molar-refractivity contribution in [1.29, 1.82) is 0 Å². The molecular weight excluding hydrogens is 427 g/mol. The van der Waals surface area contributed by atoms with Crippen LogP contribution in [-0.4, -0.2) is 49.6 Å². The van der Waals surface area contributed by atoms with Crippen LogP contribution in [-0.2, 0) is 10.9 Å². The molecule has 0 unspecified atom stereocenters. The molecule has 5 rings (SSSR count). The van der Waals surface area contributed by atoms with E-state index in [0.717, 1.165) is 36.4 Å². The number of nitrogens with one attached hydrogen (secondary N) is 1. The van der Waals surface area contributed by atoms with Gasteiger partial charge in [0.15, 0.2) is 17.2 Å². The van der Waals surface area contributed by atoms with E-state index in [-0.39, 0.29) is 5.65 Å². The molecule has 32 heavy (non-hydrogen) atoms. The highest BCUT2D eigenvalue weighted by molar-refractivity contribution is 5.89. The molecule has 3 aromatic rings. The quantitative estimate of drug-likeness (QED) is 0.653. The first kappa shape index (κ1) is 20.5. The molecular formula is C20H20F3N7O2. The van der Waals surface area contributed by atoms with E-state index in [2.05, 4.69) is 25.6 Å². The van der Waals surface area contributed by atoms with Crippen LogP contribution in [0.3, 0.4) is 0 Å². The maximum atomic E-state index is 12.8. The summed E-state index contributed by atoms with van der Waals surface area (Å²) in [4.78, 5) is 17.4. The van der Waals surface area contributed by atoms with Gasteiger partial charge in [-0.15, -0.1) is 10.2 Å². The third kappa shape index (κ3) is 3.92. The summed E-state index contributed by atoms with van der Waals surface area (Å²) in [5.41, 5.74) is -1.35. The molecule has 0 atom stereocenters. The van der Waals surface area contributed by atoms with Crippen LogP contribution in [0.15, 0.2) is 36.7 Å². The summed E-state index contributed by atoms with van der Waals surface area (Å²) in [7, 11) is 0. The maximum Gasteiger partial charge on any atom is 0.434 e. The minimum Gasteiger partial charge on any atom is -0.441 e. The zero-order valence-electron chi connectivity index (χ0n) is 16.9. The second-order valence-corrected chi connectivity index (χ2v) is 8.19. The third-order valence-corrected chi connectivity index (χ3v) is 6.00. The molecule has 3 aromatic heterocycles. The van der Waals surface area contributed by atoms with Crippen LogP contribution >= 0.6 is 0 Å². The molecule has 9 nitrogen and oxygen atoms in total. The maximum absolute atomic E-state index is 12.8. The summed E-state index contributed by atoms with van der Waals surface area (Å²) >= 11 is 0. The third-order valence-electron chi connectivity index (χ3n) is 6.00. The lowest BCUT2D eigenvalue weighted by molar-refractivity contribution is -0.140. The van der Waals surface area contributed by atoms with Crippen LogP contribution in [0, 0.1) is 5.92 Å². The van der Waals surface area contributed by atoms with Gasteiger partial charge in [-0.25, -0.2) is 14.3 Å². The predicted molar refractivity (Wildman–Crippen MR) is 107 cm³/mol. The minimum absolute atomic E-state index is 0.137. The van der Waals surface area contributed by atoms with E-state index >= 15 is 0 Å². The van der Waals surface area contributed by atoms with Gasteiger partial charge < -0.3 is 10.1 Å². The van der Waals surface area contributed by atoms with Crippen molar-refractivity contribution in [2.24, 2.45) is 5.92 Å². The number of amides is 1. The number of imidazole rings is 1. The number of fused-ring (bicyclic) bond motifs is 1. The highest BCUT2D eigenvalue weighted by Gasteiger charge is 2.48. The number of rotatable bonds is 4. The molecule has 0 radical (unpaired) electrons. The van der Waals surface area contributed by atoms with E-state index in [1.807, 2.05) is 0 Å². The molecule has 1 aliphatic carbocycles. The molecule has 1 aliphatic heterocycles. The minimum atomic E-state index is -4.51. The van der Waals surface area contributed by atoms with Crippen LogP contribution < -0.4 is 10.2 Å². The first-order chi connectivity index (χ1) is 15.3. The summed E-state index contributed by atoms with van der Waals surface area (Å²) in [6.45, 7) is 1.07. The Kier molecular flexibility index (Phi) is 4.86. The van der Waals surface area contributed by atoms with Gasteiger partial charge in [0.05, 0.1) is 12.7 Å². The number of alkyl halides is 3. The van der Waals surface area contributed by atoms with Crippen LogP contribution in [0.4, 0.5) is 29.6 Å². The van der Waals surface area contributed by atoms with E-state index in [0.29, 0.717) is 30.6 Å². The molecule has 168 valence electrons. The smallest absolute Gasteiger partial charge is 0.434 e. The van der Waals surface area contributed by atoms with Gasteiger partial charge in [0.1, 0.15) is 11.4 Å². The molecule has 12 heteroatoms. The van der Waals surface area contributed by atoms with Gasteiger partial charge in [0, 0.05) is 12.7 Å². The summed E-state index contributed by atoms with van der Waals surface area (Å²) in [6, 6.07) is 6.57. The van der Waals surface area contributed by atoms with Crippen LogP contribution in [0.1, 0.15) is 31.4 Å². The summed E-state index contributed by atoms with van der Waals surface area (Å²) in [5, 5.41) is 15.2. The van der Waals surface area contributed by atoms with E-state index in [4.69, 9.17) is 4.74 Å². The van der Waals surface area contributed by atoms with Gasteiger partial charge >= 0.3 is 12.3 Å². The van der Waals surface area contributed by atoms with E-state index in [1.54, 1.807) is 24.4 Å². The molecule has 4 heterocycles. The van der Waals surface area contributed by atoms with Crippen molar-refractivity contribution in [2.75, 3.05) is 23.3 Å². The van der Waals surface area contributed by atoms with Gasteiger partial charge in [0.25, 0.3) is 0 Å². The Labute approximate surface area is 180 Å². The highest BCUT2D eigenvalue weighted by atomic mass is 19.4. The lowest BCUT2D eigenvalue weighted by Crippen LogP contribution is -2.39. The van der Waals surface area contributed by atoms with Gasteiger partial charge in [-0.1, -0.05) is 0 Å². The Balaban J connectivity index is 1.17. The van der Waals surface area contributed by atoms with E-state index < -0.39 is 23.6 Å². The fourth-order valence-electron chi connectivity index (χ4n) is 4.27. The van der Waals surface area contributed by atoms with E-state index in [1.165, 1.54) is 11.0 Å². The summed E-state index contributed by atoms with van der Waals surface area (Å²) in [6.07, 6.45) is 0.662. The standard InChI is InChI=1S/C20H20F3N7O2/c21-20(22,23)14-11-30-16(26-14)4-3-15(28-30)24-10-13-5-7-19(8-6-13)12-29(18(31)32-19)17-2-1-9-25-27-17/h1-4,9,11,13H,5-8,10,12H2,(H,24,28)/t13-,19-. The Morgan fingerprint density at radius 3 is 2.75 bits per heavy atom. The summed E-state index contributed by atoms with van der Waals surface area (Å²) < 4.78 is 45.3. The normalized spacial score (nSPS) is 23.7. The predicted octanol–water partition coefficient (Wildman–Crippen LogP) is 3.54. The van der Waals surface area contributed by atoms with Gasteiger partial charge in [0.2, 0.25) is 0 Å². The molecule has 0 bridgehead atoms. The first-order valence-corrected chi connectivity index (χ1v) is 10.3. The van der Waals surface area contributed by atoms with Crippen LogP contribution in [0.5, 0.6) is 0 Å². The lowest BCUT2D eigenvalue weighted by atomic mass is 9.78. The largest absolute Gasteiger partial charge is 0.441 e. The van der Waals surface area contributed by atoms with Crippen molar-refractivity contribution in [1.82, 2.24) is 24.8 Å². The Morgan fingerprint density at radius 2 is 2.03 bits per heavy atom. The fourth-order valence-corrected chi connectivity index (χ4v) is 4.27. The molecule has 2 fully saturated rings. The number of nitrogens with zero attached hydrogens (tertiary/aromatic N) is 6. The molecule has 1 spiro atoms. The molecule has 2 aliphatic rings. The van der Waals surface area contributed by atoms with Crippen molar-refractivity contribution < 1.29 is 22.7 Å². The fraction of sp³-hybridized carbons (Fsp3) is 0.450. The Morgan fingerprint density at radius 1 is 1.22 bits per heavy atom.